The van der Waals surface area contributed by atoms with Gasteiger partial charge < -0.3 is 19.3 Å². The summed E-state index contributed by atoms with van der Waals surface area (Å²) in [5.74, 6) is 1.22. The summed E-state index contributed by atoms with van der Waals surface area (Å²) < 4.78 is 15.5. The monoisotopic (exact) mass is 438 g/mol. The maximum absolute atomic E-state index is 12.6. The zero-order valence-corrected chi connectivity index (χ0v) is 17.6. The van der Waals surface area contributed by atoms with Crippen molar-refractivity contribution in [2.24, 2.45) is 0 Å². The lowest BCUT2D eigenvalue weighted by atomic mass is 10.1. The number of ether oxygens (including phenoxy) is 2. The molecule has 158 valence electrons. The van der Waals surface area contributed by atoms with Gasteiger partial charge in [-0.2, -0.15) is 4.98 Å². The van der Waals surface area contributed by atoms with Gasteiger partial charge in [-0.25, -0.2) is 0 Å². The highest BCUT2D eigenvalue weighted by Crippen LogP contribution is 2.34. The van der Waals surface area contributed by atoms with Gasteiger partial charge in [0.1, 0.15) is 5.69 Å². The Balaban J connectivity index is 1.46. The maximum atomic E-state index is 12.6. The molecule has 0 atom stereocenters. The van der Waals surface area contributed by atoms with Crippen LogP contribution < -0.4 is 19.5 Å². The zero-order chi connectivity index (χ0) is 21.8. The summed E-state index contributed by atoms with van der Waals surface area (Å²) >= 11 is 0.848. The fourth-order valence-electron chi connectivity index (χ4n) is 3.03. The van der Waals surface area contributed by atoms with E-state index in [1.807, 2.05) is 6.07 Å². The molecule has 0 aliphatic rings. The smallest absolute Gasteiger partial charge is 0.261 e. The largest absolute Gasteiger partial charge is 0.493 e. The molecule has 0 aliphatic carbocycles. The summed E-state index contributed by atoms with van der Waals surface area (Å²) in [5.41, 5.74) is 0.606. The molecule has 1 aromatic carbocycles. The van der Waals surface area contributed by atoms with Crippen LogP contribution in [-0.2, 0) is 6.42 Å². The van der Waals surface area contributed by atoms with E-state index in [-0.39, 0.29) is 17.2 Å². The van der Waals surface area contributed by atoms with Crippen molar-refractivity contribution < 1.29 is 18.8 Å². The molecule has 4 aromatic rings. The number of benzene rings is 1. The SMILES string of the molecule is COc1ccc2cc(C(=O)NCCc3nc(-c4ccccn4)no3)sc(=O)c2c1OC. The molecule has 31 heavy (non-hydrogen) atoms. The third-order valence-corrected chi connectivity index (χ3v) is 5.39. The Bertz CT molecular complexity index is 1290. The second-order valence-electron chi connectivity index (χ2n) is 6.40. The first-order chi connectivity index (χ1) is 15.1. The van der Waals surface area contributed by atoms with Crippen LogP contribution in [0.1, 0.15) is 15.6 Å². The predicted molar refractivity (Wildman–Crippen MR) is 115 cm³/mol. The first kappa shape index (κ1) is 20.5. The van der Waals surface area contributed by atoms with Crippen molar-refractivity contribution in [3.63, 3.8) is 0 Å². The Kier molecular flexibility index (Phi) is 5.89. The van der Waals surface area contributed by atoms with Crippen LogP contribution in [0.2, 0.25) is 0 Å². The highest BCUT2D eigenvalue weighted by Gasteiger charge is 2.17. The van der Waals surface area contributed by atoms with E-state index in [4.69, 9.17) is 14.0 Å². The van der Waals surface area contributed by atoms with Crippen LogP contribution in [0.25, 0.3) is 22.3 Å². The van der Waals surface area contributed by atoms with Gasteiger partial charge in [-0.15, -0.1) is 0 Å². The number of carbonyl (C=O) groups excluding carboxylic acids is 1. The van der Waals surface area contributed by atoms with Gasteiger partial charge >= 0.3 is 0 Å². The highest BCUT2D eigenvalue weighted by molar-refractivity contribution is 7.12. The molecule has 3 heterocycles. The van der Waals surface area contributed by atoms with E-state index in [0.717, 1.165) is 11.3 Å². The summed E-state index contributed by atoms with van der Waals surface area (Å²) in [6.45, 7) is 0.271. The first-order valence-electron chi connectivity index (χ1n) is 9.31. The third-order valence-electron chi connectivity index (χ3n) is 4.48. The van der Waals surface area contributed by atoms with E-state index in [1.165, 1.54) is 14.2 Å². The fourth-order valence-corrected chi connectivity index (χ4v) is 3.90. The van der Waals surface area contributed by atoms with Crippen molar-refractivity contribution in [2.45, 2.75) is 6.42 Å². The minimum absolute atomic E-state index is 0.271. The number of amides is 1. The molecule has 0 radical (unpaired) electrons. The van der Waals surface area contributed by atoms with Gasteiger partial charge in [-0.05, 0) is 29.7 Å². The molecular formula is C21H18N4O5S. The molecule has 0 aliphatic heterocycles. The van der Waals surface area contributed by atoms with Crippen molar-refractivity contribution in [3.8, 4) is 23.0 Å². The summed E-state index contributed by atoms with van der Waals surface area (Å²) in [5, 5.41) is 7.65. The average Bonchev–Trinajstić information content (AvgIpc) is 3.27. The maximum Gasteiger partial charge on any atom is 0.261 e. The molecule has 0 fully saturated rings. The van der Waals surface area contributed by atoms with Crippen molar-refractivity contribution in [1.29, 1.82) is 0 Å². The summed E-state index contributed by atoms with van der Waals surface area (Å²) in [6, 6.07) is 10.5. The van der Waals surface area contributed by atoms with Crippen molar-refractivity contribution in [1.82, 2.24) is 20.4 Å². The molecule has 1 N–H and O–H groups in total. The summed E-state index contributed by atoms with van der Waals surface area (Å²) in [7, 11) is 2.97. The first-order valence-corrected chi connectivity index (χ1v) is 10.1. The van der Waals surface area contributed by atoms with Gasteiger partial charge in [0.15, 0.2) is 11.5 Å². The number of methoxy groups -OCH3 is 2. The Morgan fingerprint density at radius 2 is 2.06 bits per heavy atom. The summed E-state index contributed by atoms with van der Waals surface area (Å²) in [6.07, 6.45) is 1.99. The van der Waals surface area contributed by atoms with Crippen LogP contribution in [0, 0.1) is 0 Å². The van der Waals surface area contributed by atoms with E-state index in [9.17, 15) is 9.59 Å². The van der Waals surface area contributed by atoms with E-state index in [1.54, 1.807) is 36.5 Å². The van der Waals surface area contributed by atoms with Crippen molar-refractivity contribution in [2.75, 3.05) is 20.8 Å². The van der Waals surface area contributed by atoms with E-state index >= 15 is 0 Å². The minimum Gasteiger partial charge on any atom is -0.493 e. The minimum atomic E-state index is -0.358. The topological polar surface area (TPSA) is 116 Å². The molecule has 0 saturated carbocycles. The van der Waals surface area contributed by atoms with E-state index in [2.05, 4.69) is 20.4 Å². The second-order valence-corrected chi connectivity index (χ2v) is 7.41. The van der Waals surface area contributed by atoms with Crippen LogP contribution in [0.5, 0.6) is 11.5 Å². The van der Waals surface area contributed by atoms with Crippen LogP contribution in [0.15, 0.2) is 51.9 Å². The molecule has 3 aromatic heterocycles. The highest BCUT2D eigenvalue weighted by atomic mass is 32.1. The number of pyridine rings is 1. The molecule has 10 heteroatoms. The lowest BCUT2D eigenvalue weighted by molar-refractivity contribution is 0.0957. The van der Waals surface area contributed by atoms with Crippen LogP contribution in [0.3, 0.4) is 0 Å². The van der Waals surface area contributed by atoms with E-state index in [0.29, 0.717) is 51.0 Å². The standard InChI is InChI=1S/C21H18N4O5S/c1-28-14-7-6-12-11-15(31-21(27)17(12)18(14)29-2)20(26)23-10-8-16-24-19(25-30-16)13-5-3-4-9-22-13/h3-7,9,11H,8,10H2,1-2H3,(H,23,26). The van der Waals surface area contributed by atoms with Gasteiger partial charge in [0.05, 0.1) is 24.5 Å². The van der Waals surface area contributed by atoms with Crippen LogP contribution >= 0.6 is 11.3 Å². The molecule has 4 rings (SSSR count). The molecule has 0 saturated heterocycles. The van der Waals surface area contributed by atoms with Gasteiger partial charge in [0.25, 0.3) is 5.91 Å². The summed E-state index contributed by atoms with van der Waals surface area (Å²) in [4.78, 5) is 33.9. The van der Waals surface area contributed by atoms with Gasteiger partial charge in [-0.1, -0.05) is 28.6 Å². The van der Waals surface area contributed by atoms with Crippen LogP contribution in [0.4, 0.5) is 0 Å². The Hall–Kier alpha value is -3.79. The van der Waals surface area contributed by atoms with Crippen molar-refractivity contribution >= 4 is 28.0 Å². The second kappa shape index (κ2) is 8.92. The predicted octanol–water partition coefficient (Wildman–Crippen LogP) is 2.70. The molecular weight excluding hydrogens is 420 g/mol. The number of nitrogens with one attached hydrogen (secondary N) is 1. The molecule has 0 spiro atoms. The number of nitrogens with zero attached hydrogens (tertiary/aromatic N) is 3. The fraction of sp³-hybridized carbons (Fsp3) is 0.190. The molecule has 0 bridgehead atoms. The number of aromatic nitrogens is 3. The average molecular weight is 438 g/mol. The number of fused-ring (bicyclic) bond motifs is 1. The zero-order valence-electron chi connectivity index (χ0n) is 16.7. The number of hydrogen-bond donors (Lipinski definition) is 1. The normalized spacial score (nSPS) is 10.8. The molecule has 9 nitrogen and oxygen atoms in total. The molecule has 0 unspecified atom stereocenters. The van der Waals surface area contributed by atoms with E-state index < -0.39 is 0 Å². The van der Waals surface area contributed by atoms with Gasteiger partial charge in [0.2, 0.25) is 16.5 Å². The van der Waals surface area contributed by atoms with Crippen LogP contribution in [-0.4, -0.2) is 41.8 Å². The van der Waals surface area contributed by atoms with Crippen molar-refractivity contribution in [3.05, 3.63) is 62.9 Å². The van der Waals surface area contributed by atoms with Gasteiger partial charge in [0, 0.05) is 19.2 Å². The Labute approximate surface area is 180 Å². The quantitative estimate of drug-likeness (QED) is 0.468. The Morgan fingerprint density at radius 1 is 1.19 bits per heavy atom. The number of carbonyl (C=O) groups is 1. The number of hydrogen-bond acceptors (Lipinski definition) is 9. The lowest BCUT2D eigenvalue weighted by Crippen LogP contribution is -2.25. The van der Waals surface area contributed by atoms with Gasteiger partial charge in [-0.3, -0.25) is 14.6 Å². The third kappa shape index (κ3) is 4.24. The number of rotatable bonds is 7. The molecule has 1 amide bonds. The Morgan fingerprint density at radius 3 is 2.81 bits per heavy atom. The lowest BCUT2D eigenvalue weighted by Gasteiger charge is -2.10.